The van der Waals surface area contributed by atoms with Gasteiger partial charge in [0.2, 0.25) is 0 Å². The van der Waals surface area contributed by atoms with Gasteiger partial charge in [0.15, 0.2) is 11.6 Å². The lowest BCUT2D eigenvalue weighted by atomic mass is 10.1. The van der Waals surface area contributed by atoms with Gasteiger partial charge in [-0.15, -0.1) is 0 Å². The van der Waals surface area contributed by atoms with Crippen LogP contribution in [0.5, 0.6) is 0 Å². The van der Waals surface area contributed by atoms with Crippen molar-refractivity contribution in [1.82, 2.24) is 0 Å². The van der Waals surface area contributed by atoms with E-state index in [1.165, 1.54) is 12.1 Å². The fraction of sp³-hybridized carbons (Fsp3) is 0.0714. The average molecular weight is 299 g/mol. The van der Waals surface area contributed by atoms with Gasteiger partial charge in [-0.25, -0.2) is 22.4 Å². The monoisotopic (exact) mass is 299 g/mol. The summed E-state index contributed by atoms with van der Waals surface area (Å²) in [6.45, 7) is -0.287. The second-order valence-corrected chi connectivity index (χ2v) is 4.18. The van der Waals surface area contributed by atoms with Gasteiger partial charge in [0.25, 0.3) is 0 Å². The maximum atomic E-state index is 13.5. The van der Waals surface area contributed by atoms with Crippen molar-refractivity contribution in [2.45, 2.75) is 6.54 Å². The van der Waals surface area contributed by atoms with E-state index in [0.717, 1.165) is 12.1 Å². The van der Waals surface area contributed by atoms with Crippen molar-refractivity contribution in [1.29, 1.82) is 0 Å². The molecule has 21 heavy (non-hydrogen) atoms. The van der Waals surface area contributed by atoms with Crippen LogP contribution in [0, 0.1) is 23.3 Å². The molecule has 0 radical (unpaired) electrons. The number of carbonyl (C=O) groups is 1. The number of carboxylic acids is 1. The van der Waals surface area contributed by atoms with Crippen LogP contribution in [0.1, 0.15) is 15.9 Å². The maximum Gasteiger partial charge on any atom is 0.338 e. The van der Waals surface area contributed by atoms with Gasteiger partial charge in [-0.1, -0.05) is 12.1 Å². The number of carboxylic acid groups (broad SMARTS) is 1. The zero-order valence-electron chi connectivity index (χ0n) is 10.5. The van der Waals surface area contributed by atoms with E-state index in [1.807, 2.05) is 0 Å². The van der Waals surface area contributed by atoms with Gasteiger partial charge >= 0.3 is 5.97 Å². The second kappa shape index (κ2) is 5.82. The Bertz CT molecular complexity index is 704. The van der Waals surface area contributed by atoms with Crippen LogP contribution in [0.4, 0.5) is 23.2 Å². The molecule has 0 aliphatic heterocycles. The molecule has 3 nitrogen and oxygen atoms in total. The van der Waals surface area contributed by atoms with Crippen LogP contribution in [0.2, 0.25) is 0 Å². The van der Waals surface area contributed by atoms with Gasteiger partial charge < -0.3 is 10.4 Å². The summed E-state index contributed by atoms with van der Waals surface area (Å²) in [4.78, 5) is 10.8. The lowest BCUT2D eigenvalue weighted by Crippen LogP contribution is -2.08. The third-order valence-electron chi connectivity index (χ3n) is 2.79. The predicted molar refractivity (Wildman–Crippen MR) is 67.0 cm³/mol. The Morgan fingerprint density at radius 1 is 1.05 bits per heavy atom. The van der Waals surface area contributed by atoms with Crippen LogP contribution in [0.15, 0.2) is 30.3 Å². The molecule has 0 saturated heterocycles. The molecule has 0 aliphatic rings. The number of hydrogen-bond donors (Lipinski definition) is 2. The molecular weight excluding hydrogens is 290 g/mol. The summed E-state index contributed by atoms with van der Waals surface area (Å²) in [7, 11) is 0. The first-order valence-corrected chi connectivity index (χ1v) is 5.79. The number of hydrogen-bond acceptors (Lipinski definition) is 2. The quantitative estimate of drug-likeness (QED) is 0.849. The summed E-state index contributed by atoms with van der Waals surface area (Å²) in [6, 6.07) is 4.65. The van der Waals surface area contributed by atoms with E-state index in [0.29, 0.717) is 6.07 Å². The topological polar surface area (TPSA) is 49.3 Å². The molecule has 0 saturated carbocycles. The SMILES string of the molecule is O=C(O)c1cc(NCc2cccc(F)c2F)c(F)cc1F. The standard InChI is InChI=1S/C14H9F4NO2/c15-9-3-1-2-7(13(9)18)6-19-12-4-8(14(20)21)10(16)5-11(12)17/h1-5,19H,6H2,(H,20,21). The van der Waals surface area contributed by atoms with Crippen molar-refractivity contribution in [2.75, 3.05) is 5.32 Å². The van der Waals surface area contributed by atoms with Gasteiger partial charge in [-0.3, -0.25) is 0 Å². The molecule has 0 spiro atoms. The highest BCUT2D eigenvalue weighted by Gasteiger charge is 2.15. The summed E-state index contributed by atoms with van der Waals surface area (Å²) < 4.78 is 53.1. The van der Waals surface area contributed by atoms with E-state index in [-0.39, 0.29) is 17.8 Å². The number of halogens is 4. The van der Waals surface area contributed by atoms with E-state index < -0.39 is 34.8 Å². The Morgan fingerprint density at radius 2 is 1.76 bits per heavy atom. The normalized spacial score (nSPS) is 10.5. The zero-order chi connectivity index (χ0) is 15.6. The number of anilines is 1. The summed E-state index contributed by atoms with van der Waals surface area (Å²) in [6.07, 6.45) is 0. The fourth-order valence-corrected chi connectivity index (χ4v) is 1.72. The summed E-state index contributed by atoms with van der Waals surface area (Å²) >= 11 is 0. The van der Waals surface area contributed by atoms with Gasteiger partial charge in [0, 0.05) is 18.2 Å². The lowest BCUT2D eigenvalue weighted by Gasteiger charge is -2.10. The maximum absolute atomic E-state index is 13.5. The van der Waals surface area contributed by atoms with Crippen molar-refractivity contribution in [3.63, 3.8) is 0 Å². The summed E-state index contributed by atoms with van der Waals surface area (Å²) in [5.74, 6) is -5.96. The van der Waals surface area contributed by atoms with Crippen molar-refractivity contribution in [3.05, 3.63) is 64.7 Å². The van der Waals surface area contributed by atoms with Gasteiger partial charge in [0.1, 0.15) is 11.6 Å². The smallest absolute Gasteiger partial charge is 0.338 e. The van der Waals surface area contributed by atoms with Crippen LogP contribution in [-0.2, 0) is 6.54 Å². The minimum atomic E-state index is -1.56. The minimum Gasteiger partial charge on any atom is -0.478 e. The highest BCUT2D eigenvalue weighted by atomic mass is 19.2. The molecule has 7 heteroatoms. The lowest BCUT2D eigenvalue weighted by molar-refractivity contribution is 0.0692. The van der Waals surface area contributed by atoms with Crippen molar-refractivity contribution >= 4 is 11.7 Å². The van der Waals surface area contributed by atoms with Crippen molar-refractivity contribution in [3.8, 4) is 0 Å². The average Bonchev–Trinajstić information content (AvgIpc) is 2.41. The van der Waals surface area contributed by atoms with Crippen molar-refractivity contribution < 1.29 is 27.5 Å². The van der Waals surface area contributed by atoms with E-state index in [2.05, 4.69) is 5.32 Å². The fourth-order valence-electron chi connectivity index (χ4n) is 1.72. The van der Waals surface area contributed by atoms with E-state index in [9.17, 15) is 22.4 Å². The summed E-state index contributed by atoms with van der Waals surface area (Å²) in [5, 5.41) is 11.2. The molecule has 2 N–H and O–H groups in total. The summed E-state index contributed by atoms with van der Waals surface area (Å²) in [5.41, 5.74) is -1.12. The van der Waals surface area contributed by atoms with Crippen LogP contribution >= 0.6 is 0 Å². The van der Waals surface area contributed by atoms with Gasteiger partial charge in [-0.05, 0) is 12.1 Å². The third-order valence-corrected chi connectivity index (χ3v) is 2.79. The molecule has 0 atom stereocenters. The van der Waals surface area contributed by atoms with Gasteiger partial charge in [0.05, 0.1) is 11.3 Å². The minimum absolute atomic E-state index is 0.0735. The van der Waals surface area contributed by atoms with Crippen LogP contribution in [0.3, 0.4) is 0 Å². The Labute approximate surface area is 116 Å². The zero-order valence-corrected chi connectivity index (χ0v) is 10.5. The third kappa shape index (κ3) is 3.13. The number of rotatable bonds is 4. The molecule has 2 aromatic rings. The van der Waals surface area contributed by atoms with Crippen LogP contribution < -0.4 is 5.32 Å². The van der Waals surface area contributed by atoms with E-state index >= 15 is 0 Å². The molecule has 0 heterocycles. The van der Waals surface area contributed by atoms with Crippen LogP contribution in [-0.4, -0.2) is 11.1 Å². The Hall–Kier alpha value is -2.57. The second-order valence-electron chi connectivity index (χ2n) is 4.18. The Balaban J connectivity index is 2.26. The Morgan fingerprint density at radius 3 is 2.43 bits per heavy atom. The van der Waals surface area contributed by atoms with E-state index in [4.69, 9.17) is 5.11 Å². The number of aromatic carboxylic acids is 1. The first kappa shape index (κ1) is 14.8. The molecule has 0 aromatic heterocycles. The largest absolute Gasteiger partial charge is 0.478 e. The Kier molecular flexibility index (Phi) is 4.11. The predicted octanol–water partition coefficient (Wildman–Crippen LogP) is 3.55. The number of nitrogens with one attached hydrogen (secondary N) is 1. The molecule has 0 bridgehead atoms. The first-order chi connectivity index (χ1) is 9.90. The molecule has 2 rings (SSSR count). The molecule has 0 fully saturated rings. The highest BCUT2D eigenvalue weighted by molar-refractivity contribution is 5.89. The highest BCUT2D eigenvalue weighted by Crippen LogP contribution is 2.21. The number of benzene rings is 2. The molecule has 110 valence electrons. The van der Waals surface area contributed by atoms with Gasteiger partial charge in [-0.2, -0.15) is 0 Å². The van der Waals surface area contributed by atoms with Crippen LogP contribution in [0.25, 0.3) is 0 Å². The van der Waals surface area contributed by atoms with E-state index in [1.54, 1.807) is 0 Å². The molecule has 0 unspecified atom stereocenters. The molecule has 2 aromatic carbocycles. The van der Waals surface area contributed by atoms with Crippen molar-refractivity contribution in [2.24, 2.45) is 0 Å². The first-order valence-electron chi connectivity index (χ1n) is 5.79. The molecule has 0 aliphatic carbocycles. The molecular formula is C14H9F4NO2. The molecule has 0 amide bonds.